The minimum Gasteiger partial charge on any atom is -0.550 e. The molecule has 0 aromatic rings. The first-order valence-corrected chi connectivity index (χ1v) is 16.2. The Morgan fingerprint density at radius 1 is 0.600 bits per heavy atom. The van der Waals surface area contributed by atoms with Crippen molar-refractivity contribution < 1.29 is 34.2 Å². The van der Waals surface area contributed by atoms with Gasteiger partial charge in [-0.15, -0.1) is 0 Å². The smallest absolute Gasteiger partial charge is 0.311 e. The highest BCUT2D eigenvalue weighted by atomic mass is 16.4. The van der Waals surface area contributed by atoms with Crippen LogP contribution in [0.15, 0.2) is 12.2 Å². The summed E-state index contributed by atoms with van der Waals surface area (Å²) in [7, 11) is 0. The van der Waals surface area contributed by atoms with E-state index in [1.54, 1.807) is 20.8 Å². The first-order chi connectivity index (χ1) is 19.0. The van der Waals surface area contributed by atoms with Crippen molar-refractivity contribution in [2.75, 3.05) is 26.2 Å². The molecule has 7 heteroatoms. The van der Waals surface area contributed by atoms with Crippen molar-refractivity contribution in [1.29, 1.82) is 0 Å². The molecule has 40 heavy (non-hydrogen) atoms. The molecule has 0 bridgehead atoms. The fourth-order valence-corrected chi connectivity index (χ4v) is 5.70. The zero-order chi connectivity index (χ0) is 30.2. The highest BCUT2D eigenvalue weighted by molar-refractivity contribution is 5.70. The average molecular weight is 568 g/mol. The third-order valence-electron chi connectivity index (χ3n) is 8.12. The van der Waals surface area contributed by atoms with Gasteiger partial charge in [-0.2, -0.15) is 0 Å². The molecule has 3 atom stereocenters. The summed E-state index contributed by atoms with van der Waals surface area (Å²) in [6.07, 6.45) is 25.6. The number of carboxylic acid groups (broad SMARTS) is 3. The number of nitrogens with zero attached hydrogens (tertiary/aromatic N) is 1. The van der Waals surface area contributed by atoms with Crippen molar-refractivity contribution >= 4 is 17.9 Å². The van der Waals surface area contributed by atoms with Crippen LogP contribution in [0.1, 0.15) is 137 Å². The molecule has 0 heterocycles. The third kappa shape index (κ3) is 20.1. The van der Waals surface area contributed by atoms with E-state index in [0.29, 0.717) is 6.54 Å². The predicted molar refractivity (Wildman–Crippen MR) is 161 cm³/mol. The first-order valence-electron chi connectivity index (χ1n) is 16.2. The maximum absolute atomic E-state index is 11.6. The van der Waals surface area contributed by atoms with Gasteiger partial charge in [0.15, 0.2) is 0 Å². The minimum atomic E-state index is -1.18. The fraction of sp³-hybridized carbons (Fsp3) is 0.848. The van der Waals surface area contributed by atoms with Crippen molar-refractivity contribution in [1.82, 2.24) is 0 Å². The molecular formula is C33H61NO6. The topological polar surface area (TPSA) is 115 Å². The van der Waals surface area contributed by atoms with E-state index in [4.69, 9.17) is 0 Å². The molecule has 0 saturated carbocycles. The van der Waals surface area contributed by atoms with Gasteiger partial charge in [0, 0.05) is 11.9 Å². The summed E-state index contributed by atoms with van der Waals surface area (Å²) < 4.78 is 0.182. The van der Waals surface area contributed by atoms with Gasteiger partial charge in [-0.3, -0.25) is 9.59 Å². The van der Waals surface area contributed by atoms with E-state index in [0.717, 1.165) is 32.1 Å². The molecule has 0 rings (SSSR count). The lowest BCUT2D eigenvalue weighted by molar-refractivity contribution is -0.934. The van der Waals surface area contributed by atoms with E-state index < -0.39 is 35.7 Å². The summed E-state index contributed by atoms with van der Waals surface area (Å²) in [5, 5.41) is 30.5. The Bertz CT molecular complexity index is 652. The van der Waals surface area contributed by atoms with Crippen molar-refractivity contribution in [3.63, 3.8) is 0 Å². The molecule has 0 aliphatic heterocycles. The van der Waals surface area contributed by atoms with E-state index in [-0.39, 0.29) is 24.1 Å². The monoisotopic (exact) mass is 567 g/mol. The van der Waals surface area contributed by atoms with Crippen LogP contribution in [0.3, 0.4) is 0 Å². The number of hydrogen-bond donors (Lipinski definition) is 2. The standard InChI is InChI=1S/C33H61NO6/c1-5-6-7-8-9-10-11-12-13-14-15-16-17-18-19-20-21-22-23-24-34(25-28(2)31(35)36,26-29(3)32(37)38)27-30(4)33(39)40/h14-15,28-30H,5-13,16-27H2,1-4H3,(H2-,35,36,37,38,39,40)/b15-14+. The van der Waals surface area contributed by atoms with Gasteiger partial charge >= 0.3 is 11.9 Å². The SMILES string of the molecule is CCCCCCCCCC/C=C/CCCCCCCCC[N+](CC(C)C(=O)[O-])(CC(C)C(=O)O)CC(C)C(=O)O. The third-order valence-corrected chi connectivity index (χ3v) is 8.12. The number of quaternary nitrogens is 1. The molecular weight excluding hydrogens is 506 g/mol. The van der Waals surface area contributed by atoms with Gasteiger partial charge in [-0.1, -0.05) is 96.6 Å². The van der Waals surface area contributed by atoms with Gasteiger partial charge in [-0.25, -0.2) is 0 Å². The summed E-state index contributed by atoms with van der Waals surface area (Å²) in [5.41, 5.74) is 0. The zero-order valence-electron chi connectivity index (χ0n) is 26.2. The predicted octanol–water partition coefficient (Wildman–Crippen LogP) is 6.84. The molecule has 0 radical (unpaired) electrons. The molecule has 0 fully saturated rings. The summed E-state index contributed by atoms with van der Waals surface area (Å²) >= 11 is 0. The van der Waals surface area contributed by atoms with Crippen LogP contribution in [0.5, 0.6) is 0 Å². The second-order valence-electron chi connectivity index (χ2n) is 12.3. The Kier molecular flexibility index (Phi) is 22.7. The quantitative estimate of drug-likeness (QED) is 0.0608. The van der Waals surface area contributed by atoms with Crippen molar-refractivity contribution in [2.45, 2.75) is 137 Å². The van der Waals surface area contributed by atoms with Crippen molar-refractivity contribution in [3.8, 4) is 0 Å². The van der Waals surface area contributed by atoms with Crippen molar-refractivity contribution in [2.24, 2.45) is 17.8 Å². The molecule has 0 spiro atoms. The lowest BCUT2D eigenvalue weighted by Gasteiger charge is -2.43. The molecule has 0 amide bonds. The number of allylic oxidation sites excluding steroid dienone is 2. The largest absolute Gasteiger partial charge is 0.550 e. The number of unbranched alkanes of at least 4 members (excludes halogenated alkanes) is 15. The second-order valence-corrected chi connectivity index (χ2v) is 12.3. The Morgan fingerprint density at radius 2 is 0.950 bits per heavy atom. The number of carbonyl (C=O) groups excluding carboxylic acids is 1. The van der Waals surface area contributed by atoms with E-state index >= 15 is 0 Å². The number of carbonyl (C=O) groups is 3. The summed E-state index contributed by atoms with van der Waals surface area (Å²) in [5.74, 6) is -5.24. The van der Waals surface area contributed by atoms with Crippen LogP contribution >= 0.6 is 0 Å². The van der Waals surface area contributed by atoms with E-state index in [9.17, 15) is 29.7 Å². The van der Waals surface area contributed by atoms with E-state index in [1.165, 1.54) is 77.0 Å². The number of aliphatic carboxylic acids is 3. The Hall–Kier alpha value is -1.89. The van der Waals surface area contributed by atoms with Gasteiger partial charge < -0.3 is 24.6 Å². The van der Waals surface area contributed by atoms with Gasteiger partial charge in [-0.05, 0) is 52.4 Å². The Morgan fingerprint density at radius 3 is 1.32 bits per heavy atom. The summed E-state index contributed by atoms with van der Waals surface area (Å²) in [4.78, 5) is 34.7. The fourth-order valence-electron chi connectivity index (χ4n) is 5.70. The summed E-state index contributed by atoms with van der Waals surface area (Å²) in [6, 6.07) is 0. The molecule has 0 aliphatic rings. The van der Waals surface area contributed by atoms with Crippen LogP contribution in [-0.2, 0) is 14.4 Å². The lowest BCUT2D eigenvalue weighted by Crippen LogP contribution is -2.58. The number of rotatable bonds is 28. The van der Waals surface area contributed by atoms with Gasteiger partial charge in [0.1, 0.15) is 11.8 Å². The molecule has 2 N–H and O–H groups in total. The first kappa shape index (κ1) is 38.1. The molecule has 0 aliphatic carbocycles. The zero-order valence-corrected chi connectivity index (χ0v) is 26.2. The van der Waals surface area contributed by atoms with Crippen LogP contribution in [0.2, 0.25) is 0 Å². The Balaban J connectivity index is 4.34. The average Bonchev–Trinajstić information content (AvgIpc) is 2.89. The highest BCUT2D eigenvalue weighted by Gasteiger charge is 2.36. The normalized spacial score (nSPS) is 15.5. The Labute approximate surface area is 245 Å². The highest BCUT2D eigenvalue weighted by Crippen LogP contribution is 2.22. The van der Waals surface area contributed by atoms with Gasteiger partial charge in [0.05, 0.1) is 26.2 Å². The number of hydrogen-bond acceptors (Lipinski definition) is 4. The van der Waals surface area contributed by atoms with Crippen LogP contribution in [0.4, 0.5) is 0 Å². The van der Waals surface area contributed by atoms with Crippen LogP contribution in [-0.4, -0.2) is 58.8 Å². The second kappa shape index (κ2) is 23.8. The maximum Gasteiger partial charge on any atom is 0.311 e. The van der Waals surface area contributed by atoms with Crippen LogP contribution in [0.25, 0.3) is 0 Å². The molecule has 234 valence electrons. The van der Waals surface area contributed by atoms with E-state index in [1.807, 2.05) is 0 Å². The molecule has 3 unspecified atom stereocenters. The maximum atomic E-state index is 11.6. The minimum absolute atomic E-state index is 0.182. The molecule has 0 aromatic carbocycles. The van der Waals surface area contributed by atoms with Crippen LogP contribution in [0, 0.1) is 17.8 Å². The van der Waals surface area contributed by atoms with E-state index in [2.05, 4.69) is 19.1 Å². The summed E-state index contributed by atoms with van der Waals surface area (Å²) in [6.45, 7) is 8.24. The molecule has 0 saturated heterocycles. The van der Waals surface area contributed by atoms with Crippen LogP contribution < -0.4 is 5.11 Å². The van der Waals surface area contributed by atoms with Gasteiger partial charge in [0.25, 0.3) is 0 Å². The molecule has 0 aromatic heterocycles. The van der Waals surface area contributed by atoms with Gasteiger partial charge in [0.2, 0.25) is 0 Å². The molecule has 7 nitrogen and oxygen atoms in total. The lowest BCUT2D eigenvalue weighted by atomic mass is 10.0. The van der Waals surface area contributed by atoms with Crippen molar-refractivity contribution in [3.05, 3.63) is 12.2 Å². The number of carboxylic acids is 3.